The molecule has 4 amide bonds. The lowest BCUT2D eigenvalue weighted by atomic mass is 9.74. The van der Waals surface area contributed by atoms with Gasteiger partial charge < -0.3 is 15.0 Å². The predicted molar refractivity (Wildman–Crippen MR) is 111 cm³/mol. The van der Waals surface area contributed by atoms with E-state index >= 15 is 0 Å². The number of Topliss-reactive ketones (excluding diaryl/α,β-unsaturated/α-hetero) is 1. The lowest BCUT2D eigenvalue weighted by molar-refractivity contribution is -0.146. The van der Waals surface area contributed by atoms with E-state index in [4.69, 9.17) is 4.74 Å². The maximum atomic E-state index is 13.4. The van der Waals surface area contributed by atoms with Gasteiger partial charge >= 0.3 is 6.03 Å². The fraction of sp³-hybridized carbons (Fsp3) is 0.818. The molecule has 3 saturated heterocycles. The fourth-order valence-corrected chi connectivity index (χ4v) is 5.06. The molecule has 8 heteroatoms. The number of amides is 4. The maximum absolute atomic E-state index is 13.4. The molecule has 0 aromatic heterocycles. The lowest BCUT2D eigenvalue weighted by Gasteiger charge is -2.40. The van der Waals surface area contributed by atoms with Crippen LogP contribution in [-0.2, 0) is 19.1 Å². The molecule has 1 N–H and O–H groups in total. The van der Waals surface area contributed by atoms with Gasteiger partial charge in [0.2, 0.25) is 5.78 Å². The van der Waals surface area contributed by atoms with Gasteiger partial charge in [-0.05, 0) is 43.9 Å². The quantitative estimate of drug-likeness (QED) is 0.478. The Morgan fingerprint density at radius 1 is 1.20 bits per heavy atom. The Bertz CT molecular complexity index is 680. The van der Waals surface area contributed by atoms with Crippen LogP contribution >= 0.6 is 0 Å². The van der Waals surface area contributed by atoms with Crippen molar-refractivity contribution in [2.45, 2.75) is 77.4 Å². The first-order valence-corrected chi connectivity index (χ1v) is 11.4. The van der Waals surface area contributed by atoms with E-state index in [0.29, 0.717) is 45.5 Å². The average molecular weight is 422 g/mol. The topological polar surface area (TPSA) is 96.0 Å². The summed E-state index contributed by atoms with van der Waals surface area (Å²) in [6, 6.07) is -0.338. The van der Waals surface area contributed by atoms with Crippen molar-refractivity contribution >= 4 is 23.6 Å². The molecule has 3 rings (SSSR count). The highest BCUT2D eigenvalue weighted by molar-refractivity contribution is 6.36. The van der Waals surface area contributed by atoms with Gasteiger partial charge in [-0.2, -0.15) is 0 Å². The van der Waals surface area contributed by atoms with Gasteiger partial charge in [-0.15, -0.1) is 0 Å². The van der Waals surface area contributed by atoms with E-state index in [1.54, 1.807) is 4.90 Å². The second kappa shape index (κ2) is 9.45. The molecule has 3 aliphatic heterocycles. The van der Waals surface area contributed by atoms with E-state index in [1.165, 1.54) is 4.90 Å². The minimum Gasteiger partial charge on any atom is -0.376 e. The van der Waals surface area contributed by atoms with Crippen molar-refractivity contribution < 1.29 is 23.9 Å². The summed E-state index contributed by atoms with van der Waals surface area (Å²) in [6.45, 7) is 7.70. The Kier molecular flexibility index (Phi) is 7.16. The number of rotatable bonds is 8. The number of ether oxygens (including phenoxy) is 1. The smallest absolute Gasteiger partial charge is 0.325 e. The van der Waals surface area contributed by atoms with Crippen LogP contribution in [0.4, 0.5) is 4.79 Å². The molecular formula is C22H35N3O5. The first-order valence-electron chi connectivity index (χ1n) is 11.4. The first-order chi connectivity index (χ1) is 14.3. The van der Waals surface area contributed by atoms with E-state index in [0.717, 1.165) is 19.3 Å². The molecule has 30 heavy (non-hydrogen) atoms. The van der Waals surface area contributed by atoms with E-state index in [1.807, 2.05) is 20.8 Å². The maximum Gasteiger partial charge on any atom is 0.325 e. The summed E-state index contributed by atoms with van der Waals surface area (Å²) in [5.41, 5.74) is -0.915. The van der Waals surface area contributed by atoms with Gasteiger partial charge in [0.05, 0.1) is 12.6 Å². The highest BCUT2D eigenvalue weighted by atomic mass is 16.5. The SMILES string of the molecule is CCCC1(C2CCN(C(=O)C(=O)CC(C)C)CC2)NC(=O)N(CC2CCCO2)C1=O. The van der Waals surface area contributed by atoms with E-state index in [9.17, 15) is 19.2 Å². The highest BCUT2D eigenvalue weighted by Gasteiger charge is 2.55. The van der Waals surface area contributed by atoms with Crippen LogP contribution in [0.5, 0.6) is 0 Å². The molecule has 3 aliphatic rings. The van der Waals surface area contributed by atoms with Gasteiger partial charge in [0.15, 0.2) is 0 Å². The number of ketones is 1. The molecule has 0 aromatic carbocycles. The molecule has 2 atom stereocenters. The van der Waals surface area contributed by atoms with E-state index < -0.39 is 11.4 Å². The molecule has 168 valence electrons. The first kappa shape index (κ1) is 22.7. The van der Waals surface area contributed by atoms with Gasteiger partial charge in [-0.1, -0.05) is 27.2 Å². The van der Waals surface area contributed by atoms with Crippen LogP contribution in [0.2, 0.25) is 0 Å². The number of carbonyl (C=O) groups is 4. The number of nitrogens with one attached hydrogen (secondary N) is 1. The number of piperidine rings is 1. The zero-order chi connectivity index (χ0) is 21.9. The Balaban J connectivity index is 1.66. The Hall–Kier alpha value is -1.96. The van der Waals surface area contributed by atoms with Crippen LogP contribution in [0.15, 0.2) is 0 Å². The normalized spacial score (nSPS) is 27.8. The molecule has 2 unspecified atom stereocenters. The standard InChI is InChI=1S/C22H35N3O5/c1-4-9-22(20(28)25(21(29)23-22)14-17-6-5-12-30-17)16-7-10-24(11-8-16)19(27)18(26)13-15(2)3/h15-17H,4-14H2,1-3H3,(H,23,29). The zero-order valence-electron chi connectivity index (χ0n) is 18.4. The summed E-state index contributed by atoms with van der Waals surface area (Å²) < 4.78 is 5.63. The molecule has 0 aromatic rings. The molecule has 8 nitrogen and oxygen atoms in total. The van der Waals surface area contributed by atoms with Crippen LogP contribution < -0.4 is 5.32 Å². The van der Waals surface area contributed by atoms with Crippen LogP contribution in [0.1, 0.15) is 65.7 Å². The molecule has 0 aliphatic carbocycles. The number of imide groups is 1. The van der Waals surface area contributed by atoms with Gasteiger partial charge in [0.25, 0.3) is 11.8 Å². The van der Waals surface area contributed by atoms with Gasteiger partial charge in [0.1, 0.15) is 5.54 Å². The second-order valence-corrected chi connectivity index (χ2v) is 9.29. The average Bonchev–Trinajstić information content (AvgIpc) is 3.30. The third-order valence-electron chi connectivity index (χ3n) is 6.57. The molecule has 0 saturated carbocycles. The van der Waals surface area contributed by atoms with E-state index in [2.05, 4.69) is 5.32 Å². The van der Waals surface area contributed by atoms with Crippen molar-refractivity contribution in [1.29, 1.82) is 0 Å². The van der Waals surface area contributed by atoms with Crippen LogP contribution in [0, 0.1) is 11.8 Å². The molecule has 0 spiro atoms. The van der Waals surface area contributed by atoms with Crippen molar-refractivity contribution in [2.24, 2.45) is 11.8 Å². The summed E-state index contributed by atoms with van der Waals surface area (Å²) in [5, 5.41) is 3.02. The van der Waals surface area contributed by atoms with Crippen molar-refractivity contribution in [3.63, 3.8) is 0 Å². The van der Waals surface area contributed by atoms with Crippen molar-refractivity contribution in [3.05, 3.63) is 0 Å². The monoisotopic (exact) mass is 421 g/mol. The molecular weight excluding hydrogens is 386 g/mol. The highest BCUT2D eigenvalue weighted by Crippen LogP contribution is 2.37. The Labute approximate surface area is 178 Å². The largest absolute Gasteiger partial charge is 0.376 e. The Morgan fingerprint density at radius 2 is 1.90 bits per heavy atom. The zero-order valence-corrected chi connectivity index (χ0v) is 18.4. The van der Waals surface area contributed by atoms with Crippen LogP contribution in [-0.4, -0.2) is 71.3 Å². The minimum absolute atomic E-state index is 0.0485. The van der Waals surface area contributed by atoms with Crippen LogP contribution in [0.3, 0.4) is 0 Å². The number of nitrogens with zero attached hydrogens (tertiary/aromatic N) is 2. The summed E-state index contributed by atoms with van der Waals surface area (Å²) in [4.78, 5) is 53.6. The molecule has 3 heterocycles. The number of hydrogen-bond acceptors (Lipinski definition) is 5. The Morgan fingerprint density at radius 3 is 2.47 bits per heavy atom. The van der Waals surface area contributed by atoms with Crippen molar-refractivity contribution in [1.82, 2.24) is 15.1 Å². The predicted octanol–water partition coefficient (Wildman–Crippen LogP) is 2.11. The third-order valence-corrected chi connectivity index (χ3v) is 6.57. The number of carbonyl (C=O) groups excluding carboxylic acids is 4. The minimum atomic E-state index is -0.915. The number of likely N-dealkylation sites (tertiary alicyclic amines) is 1. The van der Waals surface area contributed by atoms with E-state index in [-0.39, 0.29) is 42.1 Å². The summed E-state index contributed by atoms with van der Waals surface area (Å²) >= 11 is 0. The fourth-order valence-electron chi connectivity index (χ4n) is 5.06. The van der Waals surface area contributed by atoms with Gasteiger partial charge in [-0.3, -0.25) is 19.3 Å². The molecule has 0 bridgehead atoms. The van der Waals surface area contributed by atoms with Crippen LogP contribution in [0.25, 0.3) is 0 Å². The summed E-state index contributed by atoms with van der Waals surface area (Å²) in [6.07, 6.45) is 4.53. The van der Waals surface area contributed by atoms with Crippen molar-refractivity contribution in [2.75, 3.05) is 26.2 Å². The second-order valence-electron chi connectivity index (χ2n) is 9.29. The molecule has 0 radical (unpaired) electrons. The summed E-state index contributed by atoms with van der Waals surface area (Å²) in [5.74, 6) is -0.834. The number of urea groups is 1. The van der Waals surface area contributed by atoms with Gasteiger partial charge in [0, 0.05) is 26.1 Å². The summed E-state index contributed by atoms with van der Waals surface area (Å²) in [7, 11) is 0. The number of hydrogen-bond donors (Lipinski definition) is 1. The lowest BCUT2D eigenvalue weighted by Crippen LogP contribution is -2.57. The van der Waals surface area contributed by atoms with Gasteiger partial charge in [-0.25, -0.2) is 4.79 Å². The molecule has 3 fully saturated rings. The third kappa shape index (κ3) is 4.53. The van der Waals surface area contributed by atoms with Crippen molar-refractivity contribution in [3.8, 4) is 0 Å².